The van der Waals surface area contributed by atoms with E-state index in [-0.39, 0.29) is 30.2 Å². The average molecular weight is 501 g/mol. The second-order valence-electron chi connectivity index (χ2n) is 8.70. The number of nitrogens with zero attached hydrogens (tertiary/aromatic N) is 2. The Morgan fingerprint density at radius 1 is 1.11 bits per heavy atom. The van der Waals surface area contributed by atoms with Crippen LogP contribution in [0.5, 0.6) is 0 Å². The van der Waals surface area contributed by atoms with Gasteiger partial charge in [-0.05, 0) is 85.4 Å². The Hall–Kier alpha value is -4.04. The molecule has 0 unspecified atom stereocenters. The lowest BCUT2D eigenvalue weighted by Gasteiger charge is -2.25. The molecule has 8 heteroatoms. The first-order chi connectivity index (χ1) is 17.5. The summed E-state index contributed by atoms with van der Waals surface area (Å²) in [5, 5.41) is 6.84. The zero-order valence-corrected chi connectivity index (χ0v) is 20.5. The highest BCUT2D eigenvalue weighted by Crippen LogP contribution is 2.40. The lowest BCUT2D eigenvalue weighted by Crippen LogP contribution is -2.32. The topological polar surface area (TPSA) is 70.4 Å². The number of anilines is 1. The summed E-state index contributed by atoms with van der Waals surface area (Å²) in [5.41, 5.74) is 3.43. The van der Waals surface area contributed by atoms with Crippen LogP contribution in [0, 0.1) is 12.7 Å². The van der Waals surface area contributed by atoms with Gasteiger partial charge in [-0.1, -0.05) is 18.2 Å². The third kappa shape index (κ3) is 5.13. The number of aromatic nitrogens is 1. The molecule has 0 spiro atoms. The number of pyridine rings is 1. The Morgan fingerprint density at radius 2 is 1.94 bits per heavy atom. The first-order valence-electron chi connectivity index (χ1n) is 11.7. The Bertz CT molecular complexity index is 1370. The number of benzene rings is 2. The third-order valence-electron chi connectivity index (χ3n) is 6.13. The van der Waals surface area contributed by atoms with Crippen molar-refractivity contribution < 1.29 is 13.6 Å². The fourth-order valence-electron chi connectivity index (χ4n) is 4.40. The zero-order valence-electron chi connectivity index (χ0n) is 19.6. The van der Waals surface area contributed by atoms with Crippen LogP contribution in [0.2, 0.25) is 0 Å². The van der Waals surface area contributed by atoms with Crippen molar-refractivity contribution in [3.05, 3.63) is 108 Å². The monoisotopic (exact) mass is 500 g/mol. The van der Waals surface area contributed by atoms with Crippen LogP contribution >= 0.6 is 12.2 Å². The molecule has 0 aliphatic carbocycles. The van der Waals surface area contributed by atoms with Crippen LogP contribution in [-0.2, 0) is 4.79 Å². The molecule has 0 saturated carbocycles. The van der Waals surface area contributed by atoms with E-state index < -0.39 is 0 Å². The fourth-order valence-corrected chi connectivity index (χ4v) is 4.74. The second-order valence-corrected chi connectivity index (χ2v) is 9.08. The van der Waals surface area contributed by atoms with Crippen molar-refractivity contribution in [3.63, 3.8) is 0 Å². The molecule has 1 fully saturated rings. The molecule has 2 N–H and O–H groups in total. The van der Waals surface area contributed by atoms with Crippen LogP contribution in [0.1, 0.15) is 35.5 Å². The Kier molecular flexibility index (Phi) is 6.77. The largest absolute Gasteiger partial charge is 0.459 e. The van der Waals surface area contributed by atoms with E-state index in [9.17, 15) is 9.18 Å². The SMILES string of the molecule is Cc1cccc(NC(=O)CCN2C(=S)N[C@@H](c3ccccn3)[C@@H]2c2ccc(-c3ccc(F)cc3)o2)c1. The lowest BCUT2D eigenvalue weighted by molar-refractivity contribution is -0.116. The van der Waals surface area contributed by atoms with Crippen LogP contribution in [0.15, 0.2) is 89.5 Å². The van der Waals surface area contributed by atoms with Gasteiger partial charge in [0.2, 0.25) is 5.91 Å². The molecular formula is C28H25FN4O2S. The van der Waals surface area contributed by atoms with Gasteiger partial charge in [0.25, 0.3) is 0 Å². The number of carbonyl (C=O) groups is 1. The van der Waals surface area contributed by atoms with E-state index in [2.05, 4.69) is 15.6 Å². The minimum absolute atomic E-state index is 0.102. The van der Waals surface area contributed by atoms with Gasteiger partial charge in [0.05, 0.1) is 11.7 Å². The minimum Gasteiger partial charge on any atom is -0.459 e. The highest BCUT2D eigenvalue weighted by molar-refractivity contribution is 7.80. The van der Waals surface area contributed by atoms with Crippen molar-refractivity contribution in [2.24, 2.45) is 0 Å². The predicted octanol–water partition coefficient (Wildman–Crippen LogP) is 5.79. The van der Waals surface area contributed by atoms with Crippen molar-refractivity contribution >= 4 is 28.9 Å². The number of carbonyl (C=O) groups excluding carboxylic acids is 1. The van der Waals surface area contributed by atoms with E-state index in [0.717, 1.165) is 22.5 Å². The lowest BCUT2D eigenvalue weighted by atomic mass is 10.0. The molecule has 1 aliphatic heterocycles. The highest BCUT2D eigenvalue weighted by Gasteiger charge is 2.41. The van der Waals surface area contributed by atoms with Crippen molar-refractivity contribution in [2.45, 2.75) is 25.4 Å². The summed E-state index contributed by atoms with van der Waals surface area (Å²) in [6.45, 7) is 2.37. The fraction of sp³-hybridized carbons (Fsp3) is 0.179. The van der Waals surface area contributed by atoms with Gasteiger partial charge in [0.15, 0.2) is 5.11 Å². The van der Waals surface area contributed by atoms with E-state index in [1.807, 2.05) is 66.4 Å². The average Bonchev–Trinajstić information content (AvgIpc) is 3.48. The van der Waals surface area contributed by atoms with E-state index in [4.69, 9.17) is 16.6 Å². The van der Waals surface area contributed by atoms with Crippen LogP contribution in [0.4, 0.5) is 10.1 Å². The molecule has 0 bridgehead atoms. The second kappa shape index (κ2) is 10.3. The van der Waals surface area contributed by atoms with Crippen molar-refractivity contribution in [3.8, 4) is 11.3 Å². The number of furan rings is 1. The molecule has 2 atom stereocenters. The minimum atomic E-state index is -0.312. The maximum atomic E-state index is 13.4. The highest BCUT2D eigenvalue weighted by atomic mass is 32.1. The molecule has 0 radical (unpaired) electrons. The van der Waals surface area contributed by atoms with Crippen LogP contribution in [0.3, 0.4) is 0 Å². The van der Waals surface area contributed by atoms with Crippen molar-refractivity contribution in [2.75, 3.05) is 11.9 Å². The number of thiocarbonyl (C=S) groups is 1. The summed E-state index contributed by atoms with van der Waals surface area (Å²) in [6.07, 6.45) is 1.98. The smallest absolute Gasteiger partial charge is 0.226 e. The summed E-state index contributed by atoms with van der Waals surface area (Å²) >= 11 is 5.68. The van der Waals surface area contributed by atoms with Gasteiger partial charge in [0, 0.05) is 30.4 Å². The summed E-state index contributed by atoms with van der Waals surface area (Å²) in [6, 6.07) is 22.8. The van der Waals surface area contributed by atoms with Crippen LogP contribution in [-0.4, -0.2) is 27.4 Å². The Labute approximate surface area is 214 Å². The Balaban J connectivity index is 1.39. The summed E-state index contributed by atoms with van der Waals surface area (Å²) in [7, 11) is 0. The van der Waals surface area contributed by atoms with Gasteiger partial charge in [-0.2, -0.15) is 0 Å². The molecule has 2 aromatic carbocycles. The molecule has 1 saturated heterocycles. The molecule has 182 valence electrons. The third-order valence-corrected chi connectivity index (χ3v) is 6.48. The molecule has 1 amide bonds. The van der Waals surface area contributed by atoms with E-state index >= 15 is 0 Å². The molecule has 5 rings (SSSR count). The molecule has 4 aromatic rings. The molecular weight excluding hydrogens is 475 g/mol. The first-order valence-corrected chi connectivity index (χ1v) is 12.1. The van der Waals surface area contributed by atoms with Crippen LogP contribution in [0.25, 0.3) is 11.3 Å². The summed E-state index contributed by atoms with van der Waals surface area (Å²) in [5.74, 6) is 0.896. The van der Waals surface area contributed by atoms with Gasteiger partial charge in [-0.3, -0.25) is 9.78 Å². The number of nitrogens with one attached hydrogen (secondary N) is 2. The molecule has 36 heavy (non-hydrogen) atoms. The van der Waals surface area contributed by atoms with Gasteiger partial charge in [-0.15, -0.1) is 0 Å². The van der Waals surface area contributed by atoms with Gasteiger partial charge < -0.3 is 20.0 Å². The number of hydrogen-bond acceptors (Lipinski definition) is 4. The first kappa shape index (κ1) is 23.7. The number of amides is 1. The van der Waals surface area contributed by atoms with E-state index in [1.165, 1.54) is 12.1 Å². The molecule has 3 heterocycles. The Morgan fingerprint density at radius 3 is 2.69 bits per heavy atom. The molecule has 1 aliphatic rings. The van der Waals surface area contributed by atoms with Gasteiger partial charge in [0.1, 0.15) is 23.4 Å². The normalized spacial score (nSPS) is 17.2. The number of halogens is 1. The maximum Gasteiger partial charge on any atom is 0.226 e. The number of rotatable bonds is 7. The summed E-state index contributed by atoms with van der Waals surface area (Å²) in [4.78, 5) is 19.2. The number of aryl methyl sites for hydroxylation is 1. The van der Waals surface area contributed by atoms with Gasteiger partial charge in [-0.25, -0.2) is 4.39 Å². The summed E-state index contributed by atoms with van der Waals surface area (Å²) < 4.78 is 19.6. The molecule has 6 nitrogen and oxygen atoms in total. The standard InChI is InChI=1S/C28H25FN4O2S/c1-18-5-4-6-21(17-18)31-25(34)14-16-33-27(26(32-28(33)36)22-7-2-3-15-30-22)24-13-12-23(35-24)19-8-10-20(29)11-9-19/h2-13,15,17,26-27H,14,16H2,1H3,(H,31,34)(H,32,36)/t26-,27-/m0/s1. The molecule has 2 aromatic heterocycles. The number of hydrogen-bond donors (Lipinski definition) is 2. The quantitative estimate of drug-likeness (QED) is 0.313. The van der Waals surface area contributed by atoms with Crippen LogP contribution < -0.4 is 10.6 Å². The maximum absolute atomic E-state index is 13.4. The van der Waals surface area contributed by atoms with Crippen molar-refractivity contribution in [1.29, 1.82) is 0 Å². The van der Waals surface area contributed by atoms with E-state index in [0.29, 0.717) is 23.2 Å². The predicted molar refractivity (Wildman–Crippen MR) is 141 cm³/mol. The van der Waals surface area contributed by atoms with E-state index in [1.54, 1.807) is 18.3 Å². The zero-order chi connectivity index (χ0) is 25.1. The van der Waals surface area contributed by atoms with Gasteiger partial charge >= 0.3 is 0 Å². The van der Waals surface area contributed by atoms with Crippen molar-refractivity contribution in [1.82, 2.24) is 15.2 Å².